The highest BCUT2D eigenvalue weighted by Gasteiger charge is 2.27. The molecule has 16 heavy (non-hydrogen) atoms. The average molecular weight is 230 g/mol. The van der Waals surface area contributed by atoms with E-state index in [2.05, 4.69) is 5.32 Å². The van der Waals surface area contributed by atoms with Gasteiger partial charge in [-0.2, -0.15) is 0 Å². The molecule has 0 heterocycles. The maximum absolute atomic E-state index is 11.3. The van der Waals surface area contributed by atoms with Crippen LogP contribution in [-0.2, 0) is 4.74 Å². The van der Waals surface area contributed by atoms with Crippen LogP contribution in [0.2, 0.25) is 0 Å². The van der Waals surface area contributed by atoms with Gasteiger partial charge in [-0.05, 0) is 25.7 Å². The van der Waals surface area contributed by atoms with Crippen LogP contribution >= 0.6 is 0 Å². The lowest BCUT2D eigenvalue weighted by molar-refractivity contribution is 0.0853. The number of hydrogen-bond donors (Lipinski definition) is 3. The maximum atomic E-state index is 11.3. The van der Waals surface area contributed by atoms with Gasteiger partial charge in [0.1, 0.15) is 0 Å². The third-order valence-corrected chi connectivity index (χ3v) is 2.92. The molecule has 1 fully saturated rings. The highest BCUT2D eigenvalue weighted by molar-refractivity contribution is 5.67. The first-order valence-corrected chi connectivity index (χ1v) is 6.00. The first-order valence-electron chi connectivity index (χ1n) is 6.00. The normalized spacial score (nSPS) is 29.8. The fourth-order valence-electron chi connectivity index (χ4n) is 1.82. The zero-order chi connectivity index (χ0) is 12.0. The number of rotatable bonds is 4. The number of unbranched alkanes of at least 4 members (excludes halogenated alkanes) is 1. The van der Waals surface area contributed by atoms with Crippen molar-refractivity contribution in [3.05, 3.63) is 0 Å². The van der Waals surface area contributed by atoms with Crippen molar-refractivity contribution >= 4 is 6.09 Å². The second kappa shape index (κ2) is 6.70. The monoisotopic (exact) mass is 230 g/mol. The molecule has 94 valence electrons. The van der Waals surface area contributed by atoms with Crippen LogP contribution in [0.25, 0.3) is 0 Å². The molecule has 3 atom stereocenters. The van der Waals surface area contributed by atoms with Gasteiger partial charge in [-0.15, -0.1) is 0 Å². The third-order valence-electron chi connectivity index (χ3n) is 2.92. The molecule has 1 rings (SSSR count). The largest absolute Gasteiger partial charge is 0.450 e. The molecule has 0 bridgehead atoms. The lowest BCUT2D eigenvalue weighted by atomic mass is 9.89. The van der Waals surface area contributed by atoms with Gasteiger partial charge in [-0.25, -0.2) is 4.79 Å². The zero-order valence-electron chi connectivity index (χ0n) is 9.82. The van der Waals surface area contributed by atoms with E-state index in [0.717, 1.165) is 25.7 Å². The highest BCUT2D eigenvalue weighted by atomic mass is 16.5. The van der Waals surface area contributed by atoms with Crippen molar-refractivity contribution in [2.24, 2.45) is 5.73 Å². The van der Waals surface area contributed by atoms with Crippen LogP contribution < -0.4 is 11.1 Å². The number of carbonyl (C=O) groups excluding carboxylic acids is 1. The van der Waals surface area contributed by atoms with Crippen LogP contribution in [0.1, 0.15) is 39.0 Å². The van der Waals surface area contributed by atoms with Crippen LogP contribution in [0.15, 0.2) is 0 Å². The summed E-state index contributed by atoms with van der Waals surface area (Å²) in [5, 5.41) is 12.3. The Morgan fingerprint density at radius 1 is 1.56 bits per heavy atom. The number of nitrogens with two attached hydrogens (primary N) is 1. The number of nitrogens with one attached hydrogen (secondary N) is 1. The molecule has 1 saturated carbocycles. The Labute approximate surface area is 96.3 Å². The molecule has 1 amide bonds. The van der Waals surface area contributed by atoms with Crippen LogP contribution in [0.5, 0.6) is 0 Å². The quantitative estimate of drug-likeness (QED) is 0.622. The Morgan fingerprint density at radius 2 is 2.31 bits per heavy atom. The van der Waals surface area contributed by atoms with Gasteiger partial charge in [0.25, 0.3) is 0 Å². The number of aliphatic hydroxyl groups is 1. The molecule has 0 aromatic rings. The molecular weight excluding hydrogens is 208 g/mol. The van der Waals surface area contributed by atoms with Crippen molar-refractivity contribution in [3.63, 3.8) is 0 Å². The zero-order valence-corrected chi connectivity index (χ0v) is 9.82. The minimum atomic E-state index is -0.519. The summed E-state index contributed by atoms with van der Waals surface area (Å²) < 4.78 is 4.98. The Balaban J connectivity index is 2.19. The van der Waals surface area contributed by atoms with Gasteiger partial charge in [-0.1, -0.05) is 13.3 Å². The van der Waals surface area contributed by atoms with Gasteiger partial charge in [-0.3, -0.25) is 0 Å². The Morgan fingerprint density at radius 3 is 2.94 bits per heavy atom. The number of aliphatic hydroxyl groups excluding tert-OH is 1. The fourth-order valence-corrected chi connectivity index (χ4v) is 1.82. The molecule has 0 aromatic heterocycles. The van der Waals surface area contributed by atoms with E-state index < -0.39 is 6.10 Å². The van der Waals surface area contributed by atoms with Crippen LogP contribution in [0, 0.1) is 0 Å². The summed E-state index contributed by atoms with van der Waals surface area (Å²) in [4.78, 5) is 11.3. The minimum Gasteiger partial charge on any atom is -0.450 e. The predicted octanol–water partition coefficient (Wildman–Crippen LogP) is 0.753. The van der Waals surface area contributed by atoms with E-state index in [1.807, 2.05) is 6.92 Å². The van der Waals surface area contributed by atoms with Crippen LogP contribution in [-0.4, -0.2) is 36.0 Å². The standard InChI is InChI=1S/C11H22N2O3/c1-2-3-6-16-11(15)13-8-4-5-9(12)10(14)7-8/h8-10,14H,2-7,12H2,1H3,(H,13,15). The van der Waals surface area contributed by atoms with Gasteiger partial charge in [0.15, 0.2) is 0 Å². The second-order valence-corrected chi connectivity index (χ2v) is 4.37. The number of carbonyl (C=O) groups is 1. The molecule has 4 N–H and O–H groups in total. The van der Waals surface area contributed by atoms with Gasteiger partial charge < -0.3 is 20.9 Å². The van der Waals surface area contributed by atoms with E-state index in [9.17, 15) is 9.90 Å². The molecule has 0 saturated heterocycles. The third kappa shape index (κ3) is 4.37. The molecule has 0 aromatic carbocycles. The summed E-state index contributed by atoms with van der Waals surface area (Å²) in [6.45, 7) is 2.50. The van der Waals surface area contributed by atoms with Crippen molar-refractivity contribution in [3.8, 4) is 0 Å². The topological polar surface area (TPSA) is 84.6 Å². The lowest BCUT2D eigenvalue weighted by Crippen LogP contribution is -2.48. The number of ether oxygens (including phenoxy) is 1. The number of amides is 1. The number of hydrogen-bond acceptors (Lipinski definition) is 4. The highest BCUT2D eigenvalue weighted by Crippen LogP contribution is 2.17. The lowest BCUT2D eigenvalue weighted by Gasteiger charge is -2.30. The summed E-state index contributed by atoms with van der Waals surface area (Å²) in [6.07, 6.45) is 3.04. The van der Waals surface area contributed by atoms with E-state index in [4.69, 9.17) is 10.5 Å². The van der Waals surface area contributed by atoms with Gasteiger partial charge in [0, 0.05) is 12.1 Å². The first-order chi connectivity index (χ1) is 7.63. The Hall–Kier alpha value is -0.810. The molecule has 0 radical (unpaired) electrons. The van der Waals surface area contributed by atoms with E-state index in [1.54, 1.807) is 0 Å². The minimum absolute atomic E-state index is 0.0103. The van der Waals surface area contributed by atoms with Crippen molar-refractivity contribution in [1.29, 1.82) is 0 Å². The van der Waals surface area contributed by atoms with E-state index in [1.165, 1.54) is 0 Å². The Kier molecular flexibility index (Phi) is 5.55. The smallest absolute Gasteiger partial charge is 0.407 e. The SMILES string of the molecule is CCCCOC(=O)NC1CCC(N)C(O)C1. The van der Waals surface area contributed by atoms with Gasteiger partial charge >= 0.3 is 6.09 Å². The summed E-state index contributed by atoms with van der Waals surface area (Å²) in [5.74, 6) is 0. The maximum Gasteiger partial charge on any atom is 0.407 e. The molecule has 5 nitrogen and oxygen atoms in total. The van der Waals surface area contributed by atoms with Crippen molar-refractivity contribution in [2.45, 2.75) is 57.2 Å². The molecule has 3 unspecified atom stereocenters. The van der Waals surface area contributed by atoms with Crippen molar-refractivity contribution in [2.75, 3.05) is 6.61 Å². The molecule has 1 aliphatic rings. The molecule has 0 aliphatic heterocycles. The van der Waals surface area contributed by atoms with E-state index in [-0.39, 0.29) is 18.2 Å². The molecular formula is C11H22N2O3. The van der Waals surface area contributed by atoms with Crippen molar-refractivity contribution in [1.82, 2.24) is 5.32 Å². The van der Waals surface area contributed by atoms with Crippen LogP contribution in [0.3, 0.4) is 0 Å². The molecule has 1 aliphatic carbocycles. The summed E-state index contributed by atoms with van der Waals surface area (Å²) in [6, 6.07) is -0.168. The summed E-state index contributed by atoms with van der Waals surface area (Å²) >= 11 is 0. The number of alkyl carbamates (subject to hydrolysis) is 1. The van der Waals surface area contributed by atoms with Crippen LogP contribution in [0.4, 0.5) is 4.79 Å². The molecule has 0 spiro atoms. The second-order valence-electron chi connectivity index (χ2n) is 4.37. The first kappa shape index (κ1) is 13.3. The van der Waals surface area contributed by atoms with E-state index in [0.29, 0.717) is 13.0 Å². The summed E-state index contributed by atoms with van der Waals surface area (Å²) in [5.41, 5.74) is 5.68. The average Bonchev–Trinajstić information content (AvgIpc) is 2.24. The summed E-state index contributed by atoms with van der Waals surface area (Å²) in [7, 11) is 0. The predicted molar refractivity (Wildman–Crippen MR) is 61.0 cm³/mol. The Bertz CT molecular complexity index is 223. The fraction of sp³-hybridized carbons (Fsp3) is 0.909. The molecule has 5 heteroatoms. The van der Waals surface area contributed by atoms with Gasteiger partial charge in [0.2, 0.25) is 0 Å². The van der Waals surface area contributed by atoms with E-state index >= 15 is 0 Å². The van der Waals surface area contributed by atoms with Gasteiger partial charge in [0.05, 0.1) is 12.7 Å². The van der Waals surface area contributed by atoms with Crippen molar-refractivity contribution < 1.29 is 14.6 Å².